The van der Waals surface area contributed by atoms with Crippen LogP contribution in [0.15, 0.2) is 0 Å². The van der Waals surface area contributed by atoms with Gasteiger partial charge >= 0.3 is 231 Å². The van der Waals surface area contributed by atoms with Crippen LogP contribution in [0.5, 0.6) is 0 Å². The first-order chi connectivity index (χ1) is 16.8. The molecule has 0 unspecified atom stereocenters. The van der Waals surface area contributed by atoms with Crippen molar-refractivity contribution in [3.05, 3.63) is 0 Å². The van der Waals surface area contributed by atoms with Gasteiger partial charge in [0.05, 0.1) is 0 Å². The summed E-state index contributed by atoms with van der Waals surface area (Å²) in [5.41, 5.74) is 0. The molecule has 0 radical (unpaired) electrons. The molecule has 35 heavy (non-hydrogen) atoms. The Morgan fingerprint density at radius 2 is 0.686 bits per heavy atom. The summed E-state index contributed by atoms with van der Waals surface area (Å²) in [5, 5.41) is 0. The molecule has 212 valence electrons. The monoisotopic (exact) mass is 680 g/mol. The standard InChI is InChI=1S/2C11H26O3SSi.2CH3.Sn/c2*1-4-7-12-16(11-10-15,13-8-5-2)14-9-6-3;;;/h2*15H,4-11H2,1-3H3;2*1H3;/q;;;;+2/p-2. The third kappa shape index (κ3) is 17.8. The summed E-state index contributed by atoms with van der Waals surface area (Å²) < 4.78 is 37.7. The van der Waals surface area contributed by atoms with Crippen LogP contribution in [-0.2, 0) is 26.6 Å². The van der Waals surface area contributed by atoms with Crippen molar-refractivity contribution in [3.63, 3.8) is 0 Å². The minimum atomic E-state index is -2.61. The molecule has 6 nitrogen and oxygen atoms in total. The van der Waals surface area contributed by atoms with Crippen LogP contribution in [0, 0.1) is 0 Å². The van der Waals surface area contributed by atoms with Gasteiger partial charge in [0.25, 0.3) is 0 Å². The van der Waals surface area contributed by atoms with Crippen LogP contribution < -0.4 is 0 Å². The molecule has 0 aromatic carbocycles. The van der Waals surface area contributed by atoms with Crippen molar-refractivity contribution >= 4 is 51.1 Å². The van der Waals surface area contributed by atoms with Gasteiger partial charge in [0.1, 0.15) is 0 Å². The first-order valence-corrected chi connectivity index (χ1v) is 32.4. The van der Waals surface area contributed by atoms with Crippen molar-refractivity contribution in [2.75, 3.05) is 51.1 Å². The van der Waals surface area contributed by atoms with Gasteiger partial charge in [-0.15, -0.1) is 0 Å². The first-order valence-electron chi connectivity index (χ1n) is 13.9. The second-order valence-corrected chi connectivity index (χ2v) is 44.3. The molecule has 0 atom stereocenters. The second kappa shape index (κ2) is 22.5. The normalized spacial score (nSPS) is 13.0. The van der Waals surface area contributed by atoms with Crippen LogP contribution in [0.1, 0.15) is 80.1 Å². The summed E-state index contributed by atoms with van der Waals surface area (Å²) >= 11 is -2.37. The Hall–Kier alpha value is 1.69. The van der Waals surface area contributed by atoms with Gasteiger partial charge in [-0.2, -0.15) is 0 Å². The van der Waals surface area contributed by atoms with E-state index < -0.39 is 33.2 Å². The van der Waals surface area contributed by atoms with E-state index in [1.54, 1.807) is 0 Å². The van der Waals surface area contributed by atoms with Crippen molar-refractivity contribution in [1.82, 2.24) is 0 Å². The summed E-state index contributed by atoms with van der Waals surface area (Å²) in [6.07, 6.45) is 5.91. The Balaban J connectivity index is 5.01. The van der Waals surface area contributed by atoms with Gasteiger partial charge in [0.15, 0.2) is 0 Å². The van der Waals surface area contributed by atoms with Gasteiger partial charge in [-0.05, 0) is 0 Å². The number of hydrogen-bond donors (Lipinski definition) is 0. The van der Waals surface area contributed by atoms with Crippen LogP contribution in [0.3, 0.4) is 0 Å². The molecule has 0 aliphatic rings. The molecule has 0 heterocycles. The van der Waals surface area contributed by atoms with Gasteiger partial charge in [-0.1, -0.05) is 0 Å². The maximum atomic E-state index is 6.29. The van der Waals surface area contributed by atoms with Crippen LogP contribution >= 0.6 is 17.9 Å². The van der Waals surface area contributed by atoms with Gasteiger partial charge in [0, 0.05) is 0 Å². The molecule has 11 heteroatoms. The predicted molar refractivity (Wildman–Crippen MR) is 161 cm³/mol. The Labute approximate surface area is 229 Å². The van der Waals surface area contributed by atoms with E-state index in [0.29, 0.717) is 39.6 Å². The molecule has 0 amide bonds. The molecule has 0 fully saturated rings. The molecule has 0 spiro atoms. The molecule has 0 aromatic rings. The molecule has 0 aromatic heterocycles. The van der Waals surface area contributed by atoms with E-state index >= 15 is 0 Å². The van der Waals surface area contributed by atoms with Gasteiger partial charge in [-0.25, -0.2) is 0 Å². The van der Waals surface area contributed by atoms with Gasteiger partial charge in [0.2, 0.25) is 0 Å². The summed E-state index contributed by atoms with van der Waals surface area (Å²) in [5.74, 6) is 2.10. The van der Waals surface area contributed by atoms with E-state index in [1.807, 2.05) is 0 Å². The SMILES string of the molecule is CCCO[Si](CC[S][Sn]([CH3])([CH3])[S]CC[Si](OCCC)(OCCC)OCCC)(OCCC)OCCC. The molecule has 0 saturated heterocycles. The number of rotatable bonds is 26. The predicted octanol–water partition coefficient (Wildman–Crippen LogP) is 7.59. The second-order valence-electron chi connectivity index (χ2n) is 9.05. The Kier molecular flexibility index (Phi) is 23.6. The summed E-state index contributed by atoms with van der Waals surface area (Å²) in [7, 11) is -0.886. The van der Waals surface area contributed by atoms with Crippen LogP contribution in [-0.4, -0.2) is 84.4 Å². The van der Waals surface area contributed by atoms with Crippen molar-refractivity contribution in [1.29, 1.82) is 0 Å². The van der Waals surface area contributed by atoms with E-state index in [2.05, 4.69) is 69.3 Å². The van der Waals surface area contributed by atoms with Crippen molar-refractivity contribution in [2.45, 2.75) is 102 Å². The average molecular weight is 680 g/mol. The van der Waals surface area contributed by atoms with Crippen molar-refractivity contribution in [3.8, 4) is 0 Å². The molecule has 0 rings (SSSR count). The molecule has 0 saturated carbocycles. The fraction of sp³-hybridized carbons (Fsp3) is 1.00. The van der Waals surface area contributed by atoms with E-state index in [0.717, 1.165) is 62.1 Å². The van der Waals surface area contributed by atoms with Gasteiger partial charge in [-0.3, -0.25) is 0 Å². The summed E-state index contributed by atoms with van der Waals surface area (Å²) in [6.45, 7) is 17.2. The Bertz CT molecular complexity index is 411. The van der Waals surface area contributed by atoms with Crippen LogP contribution in [0.4, 0.5) is 0 Å². The third-order valence-corrected chi connectivity index (χ3v) is 33.5. The number of hydrogen-bond acceptors (Lipinski definition) is 8. The van der Waals surface area contributed by atoms with Crippen LogP contribution in [0.25, 0.3) is 0 Å². The first kappa shape index (κ1) is 36.7. The third-order valence-electron chi connectivity index (χ3n) is 4.87. The zero-order valence-corrected chi connectivity index (χ0v) is 30.6. The van der Waals surface area contributed by atoms with Crippen LogP contribution in [0.2, 0.25) is 22.0 Å². The van der Waals surface area contributed by atoms with E-state index in [-0.39, 0.29) is 0 Å². The van der Waals surface area contributed by atoms with Crippen molar-refractivity contribution < 1.29 is 26.6 Å². The maximum absolute atomic E-state index is 6.29. The fourth-order valence-electron chi connectivity index (χ4n) is 3.11. The molecular formula is C24H56O6S2Si2Sn. The van der Waals surface area contributed by atoms with E-state index in [9.17, 15) is 0 Å². The Morgan fingerprint density at radius 3 is 0.886 bits per heavy atom. The zero-order chi connectivity index (χ0) is 26.5. The summed E-state index contributed by atoms with van der Waals surface area (Å²) in [6, 6.07) is 1.80. The summed E-state index contributed by atoms with van der Waals surface area (Å²) in [4.78, 5) is 5.02. The van der Waals surface area contributed by atoms with E-state index in [4.69, 9.17) is 26.6 Å². The topological polar surface area (TPSA) is 55.4 Å². The fourth-order valence-corrected chi connectivity index (χ4v) is 30.9. The molecule has 0 bridgehead atoms. The molecule has 0 aliphatic heterocycles. The van der Waals surface area contributed by atoms with E-state index in [1.165, 1.54) is 0 Å². The average Bonchev–Trinajstić information content (AvgIpc) is 2.85. The molecular weight excluding hydrogens is 623 g/mol. The van der Waals surface area contributed by atoms with Gasteiger partial charge < -0.3 is 0 Å². The molecule has 0 N–H and O–H groups in total. The zero-order valence-electron chi connectivity index (χ0n) is 24.1. The molecule has 0 aliphatic carbocycles. The quantitative estimate of drug-likeness (QED) is 0.0868. The Morgan fingerprint density at radius 1 is 0.457 bits per heavy atom. The van der Waals surface area contributed by atoms with Crippen molar-refractivity contribution in [2.24, 2.45) is 0 Å². The minimum absolute atomic E-state index is 0.714.